The van der Waals surface area contributed by atoms with Gasteiger partial charge in [-0.1, -0.05) is 49.8 Å². The number of hydrogen-bond acceptors (Lipinski definition) is 6. The fourth-order valence-electron chi connectivity index (χ4n) is 2.84. The minimum absolute atomic E-state index is 0.109. The summed E-state index contributed by atoms with van der Waals surface area (Å²) < 4.78 is 29.9. The highest BCUT2D eigenvalue weighted by atomic mass is 32.2. The van der Waals surface area contributed by atoms with Gasteiger partial charge in [-0.2, -0.15) is 0 Å². The third-order valence-electron chi connectivity index (χ3n) is 4.34. The number of sulfone groups is 1. The van der Waals surface area contributed by atoms with Crippen LogP contribution in [0.1, 0.15) is 31.9 Å². The number of aryl methyl sites for hydroxylation is 1. The summed E-state index contributed by atoms with van der Waals surface area (Å²) in [5.41, 5.74) is 2.70. The summed E-state index contributed by atoms with van der Waals surface area (Å²) in [6.07, 6.45) is 1.16. The van der Waals surface area contributed by atoms with Gasteiger partial charge in [-0.05, 0) is 42.2 Å². The van der Waals surface area contributed by atoms with Crippen LogP contribution in [0.5, 0.6) is 5.75 Å². The SMILES string of the molecule is Cc1ccc(OCC(=O)Nc2nc3ccc(S(C)(=O)=O)cc3s2)c(C(C)(C)C)c1. The molecule has 0 bridgehead atoms. The number of benzene rings is 2. The van der Waals surface area contributed by atoms with Crippen LogP contribution in [-0.2, 0) is 20.0 Å². The molecule has 0 radical (unpaired) electrons. The zero-order valence-electron chi connectivity index (χ0n) is 17.1. The van der Waals surface area contributed by atoms with E-state index < -0.39 is 9.84 Å². The quantitative estimate of drug-likeness (QED) is 0.649. The Bertz CT molecular complexity index is 1180. The van der Waals surface area contributed by atoms with Crippen LogP contribution in [0.15, 0.2) is 41.3 Å². The molecular weight excluding hydrogens is 408 g/mol. The number of nitrogens with zero attached hydrogens (tertiary/aromatic N) is 1. The molecule has 0 unspecified atom stereocenters. The van der Waals surface area contributed by atoms with Gasteiger partial charge in [-0.3, -0.25) is 10.1 Å². The lowest BCUT2D eigenvalue weighted by Crippen LogP contribution is -2.22. The predicted molar refractivity (Wildman–Crippen MR) is 117 cm³/mol. The number of aromatic nitrogens is 1. The minimum Gasteiger partial charge on any atom is -0.483 e. The van der Waals surface area contributed by atoms with Gasteiger partial charge >= 0.3 is 0 Å². The van der Waals surface area contributed by atoms with E-state index in [-0.39, 0.29) is 22.8 Å². The number of hydrogen-bond donors (Lipinski definition) is 1. The Balaban J connectivity index is 1.72. The van der Waals surface area contributed by atoms with Crippen molar-refractivity contribution < 1.29 is 17.9 Å². The van der Waals surface area contributed by atoms with Crippen LogP contribution in [0.3, 0.4) is 0 Å². The molecule has 0 saturated carbocycles. The van der Waals surface area contributed by atoms with Crippen molar-refractivity contribution in [1.82, 2.24) is 4.98 Å². The highest BCUT2D eigenvalue weighted by molar-refractivity contribution is 7.90. The Kier molecular flexibility index (Phi) is 5.69. The van der Waals surface area contributed by atoms with Crippen molar-refractivity contribution in [1.29, 1.82) is 0 Å². The van der Waals surface area contributed by atoms with Crippen molar-refractivity contribution in [2.75, 3.05) is 18.2 Å². The molecule has 0 aliphatic heterocycles. The zero-order chi connectivity index (χ0) is 21.4. The van der Waals surface area contributed by atoms with Gasteiger partial charge in [0, 0.05) is 6.26 Å². The fourth-order valence-corrected chi connectivity index (χ4v) is 4.49. The summed E-state index contributed by atoms with van der Waals surface area (Å²) in [5.74, 6) is 0.355. The average Bonchev–Trinajstić information content (AvgIpc) is 3.00. The third kappa shape index (κ3) is 5.13. The molecule has 3 rings (SSSR count). The van der Waals surface area contributed by atoms with Gasteiger partial charge in [0.25, 0.3) is 5.91 Å². The summed E-state index contributed by atoms with van der Waals surface area (Å²) in [4.78, 5) is 16.9. The molecule has 1 amide bonds. The number of ether oxygens (including phenoxy) is 1. The zero-order valence-corrected chi connectivity index (χ0v) is 18.7. The van der Waals surface area contributed by atoms with E-state index in [1.807, 2.05) is 19.1 Å². The van der Waals surface area contributed by atoms with Crippen molar-refractivity contribution in [3.63, 3.8) is 0 Å². The number of carbonyl (C=O) groups is 1. The molecule has 0 saturated heterocycles. The van der Waals surface area contributed by atoms with Crippen molar-refractivity contribution in [2.24, 2.45) is 0 Å². The standard InChI is InChI=1S/C21H24N2O4S2/c1-13-6-9-17(15(10-13)21(2,3)4)27-12-19(24)23-20-22-16-8-7-14(29(5,25)26)11-18(16)28-20/h6-11H,12H2,1-5H3,(H,22,23,24). The number of nitrogens with one attached hydrogen (secondary N) is 1. The lowest BCUT2D eigenvalue weighted by molar-refractivity contribution is -0.118. The molecule has 29 heavy (non-hydrogen) atoms. The summed E-state index contributed by atoms with van der Waals surface area (Å²) in [5, 5.41) is 3.13. The van der Waals surface area contributed by atoms with Crippen LogP contribution in [0.4, 0.5) is 5.13 Å². The van der Waals surface area contributed by atoms with Crippen LogP contribution >= 0.6 is 11.3 Å². The Morgan fingerprint density at radius 2 is 1.90 bits per heavy atom. The molecular formula is C21H24N2O4S2. The molecule has 0 aliphatic rings. The second-order valence-electron chi connectivity index (χ2n) is 8.01. The highest BCUT2D eigenvalue weighted by Gasteiger charge is 2.20. The molecule has 2 aromatic carbocycles. The van der Waals surface area contributed by atoms with Crippen LogP contribution in [-0.4, -0.2) is 32.2 Å². The largest absolute Gasteiger partial charge is 0.483 e. The molecule has 0 fully saturated rings. The number of carbonyl (C=O) groups excluding carboxylic acids is 1. The topological polar surface area (TPSA) is 85.4 Å². The second kappa shape index (κ2) is 7.76. The van der Waals surface area contributed by atoms with Crippen molar-refractivity contribution in [3.8, 4) is 5.75 Å². The van der Waals surface area contributed by atoms with E-state index >= 15 is 0 Å². The molecule has 0 spiro atoms. The van der Waals surface area contributed by atoms with Crippen LogP contribution in [0, 0.1) is 6.92 Å². The predicted octanol–water partition coefficient (Wildman–Crippen LogP) is 4.32. The maximum Gasteiger partial charge on any atom is 0.264 e. The van der Waals surface area contributed by atoms with Crippen molar-refractivity contribution >= 4 is 42.4 Å². The molecule has 0 aliphatic carbocycles. The van der Waals surface area contributed by atoms with Crippen LogP contribution in [0.25, 0.3) is 10.2 Å². The first kappa shape index (κ1) is 21.3. The Morgan fingerprint density at radius 1 is 1.17 bits per heavy atom. The van der Waals surface area contributed by atoms with E-state index in [1.54, 1.807) is 12.1 Å². The summed E-state index contributed by atoms with van der Waals surface area (Å²) in [6, 6.07) is 10.6. The number of anilines is 1. The van der Waals surface area contributed by atoms with Gasteiger partial charge in [0.2, 0.25) is 0 Å². The molecule has 0 atom stereocenters. The van der Waals surface area contributed by atoms with Crippen molar-refractivity contribution in [3.05, 3.63) is 47.5 Å². The van der Waals surface area contributed by atoms with Gasteiger partial charge in [0.1, 0.15) is 5.75 Å². The van der Waals surface area contributed by atoms with E-state index in [9.17, 15) is 13.2 Å². The van der Waals surface area contributed by atoms with E-state index in [1.165, 1.54) is 17.4 Å². The Labute approximate surface area is 174 Å². The monoisotopic (exact) mass is 432 g/mol. The summed E-state index contributed by atoms with van der Waals surface area (Å²) >= 11 is 1.22. The second-order valence-corrected chi connectivity index (χ2v) is 11.1. The maximum absolute atomic E-state index is 12.4. The molecule has 1 heterocycles. The molecule has 3 aromatic rings. The number of thiazole rings is 1. The van der Waals surface area contributed by atoms with E-state index in [2.05, 4.69) is 37.1 Å². The van der Waals surface area contributed by atoms with Gasteiger partial charge < -0.3 is 4.74 Å². The molecule has 1 N–H and O–H groups in total. The molecule has 6 nitrogen and oxygen atoms in total. The lowest BCUT2D eigenvalue weighted by atomic mass is 9.85. The minimum atomic E-state index is -3.30. The average molecular weight is 433 g/mol. The van der Waals surface area contributed by atoms with Crippen molar-refractivity contribution in [2.45, 2.75) is 38.0 Å². The number of rotatable bonds is 5. The Morgan fingerprint density at radius 3 is 2.55 bits per heavy atom. The Hall–Kier alpha value is -2.45. The normalized spacial score (nSPS) is 12.2. The van der Waals surface area contributed by atoms with E-state index in [0.29, 0.717) is 21.1 Å². The molecule has 154 valence electrons. The first-order valence-electron chi connectivity index (χ1n) is 9.08. The van der Waals surface area contributed by atoms with Crippen LogP contribution < -0.4 is 10.1 Å². The maximum atomic E-state index is 12.4. The number of amides is 1. The smallest absolute Gasteiger partial charge is 0.264 e. The van der Waals surface area contributed by atoms with Gasteiger partial charge in [-0.15, -0.1) is 0 Å². The highest BCUT2D eigenvalue weighted by Crippen LogP contribution is 2.32. The first-order chi connectivity index (χ1) is 13.4. The third-order valence-corrected chi connectivity index (χ3v) is 6.38. The lowest BCUT2D eigenvalue weighted by Gasteiger charge is -2.23. The van der Waals surface area contributed by atoms with Gasteiger partial charge in [-0.25, -0.2) is 13.4 Å². The van der Waals surface area contributed by atoms with E-state index in [0.717, 1.165) is 17.4 Å². The van der Waals surface area contributed by atoms with Gasteiger partial charge in [0.05, 0.1) is 15.1 Å². The molecule has 8 heteroatoms. The summed E-state index contributed by atoms with van der Waals surface area (Å²) in [6.45, 7) is 8.17. The van der Waals surface area contributed by atoms with E-state index in [4.69, 9.17) is 4.74 Å². The number of fused-ring (bicyclic) bond motifs is 1. The first-order valence-corrected chi connectivity index (χ1v) is 11.8. The van der Waals surface area contributed by atoms with Gasteiger partial charge in [0.15, 0.2) is 21.6 Å². The van der Waals surface area contributed by atoms with Crippen LogP contribution in [0.2, 0.25) is 0 Å². The fraction of sp³-hybridized carbons (Fsp3) is 0.333. The molecule has 1 aromatic heterocycles. The summed E-state index contributed by atoms with van der Waals surface area (Å²) in [7, 11) is -3.30.